The van der Waals surface area contributed by atoms with Crippen molar-refractivity contribution in [3.63, 3.8) is 0 Å². The first-order valence-corrected chi connectivity index (χ1v) is 12.9. The number of benzene rings is 3. The van der Waals surface area contributed by atoms with Crippen molar-refractivity contribution < 1.29 is 33.1 Å². The van der Waals surface area contributed by atoms with Crippen molar-refractivity contribution in [3.8, 4) is 11.5 Å². The lowest BCUT2D eigenvalue weighted by molar-refractivity contribution is 0.102. The van der Waals surface area contributed by atoms with Crippen molar-refractivity contribution in [2.75, 3.05) is 13.2 Å². The molecular formula is C24H23FNO7PS. The number of aliphatic hydroxyl groups excluding tert-OH is 1. The van der Waals surface area contributed by atoms with E-state index in [1.807, 2.05) is 6.07 Å². The second-order valence-corrected chi connectivity index (χ2v) is 10.6. The predicted molar refractivity (Wildman–Crippen MR) is 132 cm³/mol. The summed E-state index contributed by atoms with van der Waals surface area (Å²) in [7, 11) is -4.71. The van der Waals surface area contributed by atoms with Crippen LogP contribution in [0.25, 0.3) is 20.2 Å². The van der Waals surface area contributed by atoms with Gasteiger partial charge in [-0.3, -0.25) is 9.32 Å². The first-order valence-electron chi connectivity index (χ1n) is 10.6. The summed E-state index contributed by atoms with van der Waals surface area (Å²) in [6.07, 6.45) is 0.595. The largest absolute Gasteiger partial charge is 0.469 e. The van der Waals surface area contributed by atoms with Gasteiger partial charge in [-0.1, -0.05) is 6.07 Å². The predicted octanol–water partition coefficient (Wildman–Crippen LogP) is 4.08. The van der Waals surface area contributed by atoms with Gasteiger partial charge in [0.05, 0.1) is 18.8 Å². The van der Waals surface area contributed by atoms with Crippen LogP contribution in [0, 0.1) is 5.82 Å². The van der Waals surface area contributed by atoms with Crippen molar-refractivity contribution >= 4 is 39.3 Å². The third kappa shape index (κ3) is 6.31. The normalized spacial score (nSPS) is 13.7. The summed E-state index contributed by atoms with van der Waals surface area (Å²) in [5.41, 5.74) is 5.44. The monoisotopic (exact) mass is 519 g/mol. The van der Waals surface area contributed by atoms with Crippen LogP contribution >= 0.6 is 19.2 Å². The lowest BCUT2D eigenvalue weighted by Gasteiger charge is -2.27. The molecule has 0 aliphatic carbocycles. The van der Waals surface area contributed by atoms with E-state index in [-0.39, 0.29) is 17.7 Å². The van der Waals surface area contributed by atoms with E-state index in [4.69, 9.17) is 20.3 Å². The van der Waals surface area contributed by atoms with E-state index < -0.39 is 26.6 Å². The van der Waals surface area contributed by atoms with Crippen LogP contribution in [0.2, 0.25) is 0 Å². The number of aliphatic hydroxyl groups is 1. The third-order valence-electron chi connectivity index (χ3n) is 5.50. The van der Waals surface area contributed by atoms with E-state index in [2.05, 4.69) is 4.52 Å². The molecule has 0 saturated heterocycles. The number of rotatable bonds is 9. The Bertz CT molecular complexity index is 1470. The lowest BCUT2D eigenvalue weighted by Crippen LogP contribution is -2.48. The zero-order valence-electron chi connectivity index (χ0n) is 18.4. The van der Waals surface area contributed by atoms with Gasteiger partial charge in [-0.25, -0.2) is 8.96 Å². The standard InChI is InChI=1S/C24H23FNO7PS/c25-16-2-4-17(5-3-16)33-18-6-8-20-22(12-18)35-21-11-15(1-7-19(21)23(20)28)9-10-24(26,13-27)14-32-34(29,30)31/h1-8,11-12,27H,9-10,13-14,26H2,(H2,29,30,31). The number of aryl methyl sites for hydroxylation is 1. The Morgan fingerprint density at radius 1 is 0.971 bits per heavy atom. The van der Waals surface area contributed by atoms with Gasteiger partial charge in [0.15, 0.2) is 5.43 Å². The van der Waals surface area contributed by atoms with Crippen molar-refractivity contribution in [2.24, 2.45) is 5.73 Å². The molecule has 1 heterocycles. The Morgan fingerprint density at radius 3 is 2.26 bits per heavy atom. The molecule has 8 nitrogen and oxygen atoms in total. The summed E-state index contributed by atoms with van der Waals surface area (Å²) in [5, 5.41) is 10.7. The molecule has 0 saturated carbocycles. The highest BCUT2D eigenvalue weighted by Crippen LogP contribution is 2.37. The highest BCUT2D eigenvalue weighted by atomic mass is 32.1. The van der Waals surface area contributed by atoms with E-state index in [9.17, 15) is 18.9 Å². The van der Waals surface area contributed by atoms with Gasteiger partial charge in [0.1, 0.15) is 17.3 Å². The van der Waals surface area contributed by atoms with Gasteiger partial charge in [0.25, 0.3) is 0 Å². The van der Waals surface area contributed by atoms with Gasteiger partial charge in [0.2, 0.25) is 0 Å². The Labute approximate surface area is 203 Å². The minimum Gasteiger partial charge on any atom is -0.457 e. The Balaban J connectivity index is 1.59. The van der Waals surface area contributed by atoms with E-state index in [0.29, 0.717) is 28.7 Å². The third-order valence-corrected chi connectivity index (χ3v) is 7.09. The summed E-state index contributed by atoms with van der Waals surface area (Å²) in [5.74, 6) is 0.616. The van der Waals surface area contributed by atoms with Crippen LogP contribution in [0.1, 0.15) is 12.0 Å². The molecule has 4 rings (SSSR count). The minimum absolute atomic E-state index is 0.118. The fraction of sp³-hybridized carbons (Fsp3) is 0.208. The molecular weight excluding hydrogens is 496 g/mol. The highest BCUT2D eigenvalue weighted by molar-refractivity contribution is 7.46. The first kappa shape index (κ1) is 25.4. The minimum atomic E-state index is -4.71. The van der Waals surface area contributed by atoms with Crippen molar-refractivity contribution in [3.05, 3.63) is 82.3 Å². The zero-order valence-corrected chi connectivity index (χ0v) is 20.1. The SMILES string of the molecule is NC(CO)(CCc1ccc2c(=O)c3ccc(Oc4ccc(F)cc4)cc3sc2c1)COP(=O)(O)O. The van der Waals surface area contributed by atoms with Crippen LogP contribution in [0.3, 0.4) is 0 Å². The summed E-state index contributed by atoms with van der Waals surface area (Å²) < 4.78 is 35.8. The first-order chi connectivity index (χ1) is 16.5. The Hall–Kier alpha value is -2.69. The van der Waals surface area contributed by atoms with Gasteiger partial charge >= 0.3 is 7.82 Å². The average Bonchev–Trinajstić information content (AvgIpc) is 2.82. The molecule has 0 spiro atoms. The molecule has 1 unspecified atom stereocenters. The maximum atomic E-state index is 13.1. The van der Waals surface area contributed by atoms with Crippen LogP contribution in [0.15, 0.2) is 65.5 Å². The fourth-order valence-corrected chi connectivity index (χ4v) is 5.13. The summed E-state index contributed by atoms with van der Waals surface area (Å²) in [6, 6.07) is 16.2. The van der Waals surface area contributed by atoms with Crippen LogP contribution in [0.5, 0.6) is 11.5 Å². The highest BCUT2D eigenvalue weighted by Gasteiger charge is 2.28. The molecule has 184 valence electrons. The van der Waals surface area contributed by atoms with Crippen molar-refractivity contribution in [1.29, 1.82) is 0 Å². The molecule has 3 aromatic carbocycles. The van der Waals surface area contributed by atoms with E-state index >= 15 is 0 Å². The molecule has 0 amide bonds. The maximum absolute atomic E-state index is 13.1. The summed E-state index contributed by atoms with van der Waals surface area (Å²) >= 11 is 1.41. The summed E-state index contributed by atoms with van der Waals surface area (Å²) in [4.78, 5) is 30.8. The average molecular weight is 519 g/mol. The van der Waals surface area contributed by atoms with Crippen LogP contribution in [0.4, 0.5) is 4.39 Å². The van der Waals surface area contributed by atoms with Crippen LogP contribution in [-0.2, 0) is 15.5 Å². The molecule has 11 heteroatoms. The van der Waals surface area contributed by atoms with E-state index in [1.54, 1.807) is 30.3 Å². The number of phosphoric ester groups is 1. The van der Waals surface area contributed by atoms with Crippen LogP contribution in [-0.4, -0.2) is 33.6 Å². The fourth-order valence-electron chi connectivity index (χ4n) is 3.54. The lowest BCUT2D eigenvalue weighted by atomic mass is 9.94. The molecule has 0 aliphatic heterocycles. The van der Waals surface area contributed by atoms with Gasteiger partial charge in [-0.2, -0.15) is 0 Å². The second-order valence-electron chi connectivity index (χ2n) is 8.26. The summed E-state index contributed by atoms with van der Waals surface area (Å²) in [6.45, 7) is -1.02. The Kier molecular flexibility index (Phi) is 7.35. The van der Waals surface area contributed by atoms with Gasteiger partial charge in [0, 0.05) is 20.2 Å². The Morgan fingerprint density at radius 2 is 1.60 bits per heavy atom. The maximum Gasteiger partial charge on any atom is 0.469 e. The van der Waals surface area contributed by atoms with Crippen molar-refractivity contribution in [2.45, 2.75) is 18.4 Å². The van der Waals surface area contributed by atoms with Gasteiger partial charge < -0.3 is 25.4 Å². The number of hydrogen-bond donors (Lipinski definition) is 4. The molecule has 1 aromatic heterocycles. The molecule has 1 atom stereocenters. The quantitative estimate of drug-likeness (QED) is 0.192. The molecule has 0 aliphatic rings. The molecule has 0 radical (unpaired) electrons. The number of fused-ring (bicyclic) bond motifs is 2. The molecule has 4 aromatic rings. The molecule has 0 fully saturated rings. The zero-order chi connectivity index (χ0) is 25.2. The molecule has 5 N–H and O–H groups in total. The van der Waals surface area contributed by atoms with Crippen LogP contribution < -0.4 is 15.9 Å². The van der Waals surface area contributed by atoms with Crippen molar-refractivity contribution in [1.82, 2.24) is 0 Å². The number of ether oxygens (including phenoxy) is 1. The second kappa shape index (κ2) is 10.1. The number of halogens is 1. The van der Waals surface area contributed by atoms with Gasteiger partial charge in [-0.05, 0) is 73.0 Å². The molecule has 0 bridgehead atoms. The topological polar surface area (TPSA) is 139 Å². The van der Waals surface area contributed by atoms with Gasteiger partial charge in [-0.15, -0.1) is 11.3 Å². The number of phosphoric acid groups is 1. The number of nitrogens with two attached hydrogens (primary N) is 1. The van der Waals surface area contributed by atoms with E-state index in [1.165, 1.54) is 35.6 Å². The number of hydrogen-bond acceptors (Lipinski definition) is 7. The molecule has 35 heavy (non-hydrogen) atoms. The smallest absolute Gasteiger partial charge is 0.457 e. The van der Waals surface area contributed by atoms with E-state index in [0.717, 1.165) is 15.0 Å².